The Kier molecular flexibility index (Phi) is 7.79. The number of rotatable bonds is 7. The van der Waals surface area contributed by atoms with Gasteiger partial charge in [0.1, 0.15) is 0 Å². The molecule has 1 unspecified atom stereocenters. The summed E-state index contributed by atoms with van der Waals surface area (Å²) in [5.74, 6) is 3.15. The number of halogens is 1. The van der Waals surface area contributed by atoms with E-state index >= 15 is 0 Å². The van der Waals surface area contributed by atoms with Crippen molar-refractivity contribution in [2.24, 2.45) is 23.7 Å². The van der Waals surface area contributed by atoms with Gasteiger partial charge in [-0.2, -0.15) is 0 Å². The topological polar surface area (TPSA) is 18.5 Å². The first kappa shape index (κ1) is 19.4. The van der Waals surface area contributed by atoms with Gasteiger partial charge in [0.2, 0.25) is 0 Å². The van der Waals surface area contributed by atoms with E-state index < -0.39 is 0 Å². The van der Waals surface area contributed by atoms with Crippen LogP contribution in [0.5, 0.6) is 0 Å². The minimum atomic E-state index is 0.0436. The molecule has 1 heterocycles. The smallest absolute Gasteiger partial charge is 0.157 e. The Morgan fingerprint density at radius 1 is 0.920 bits per heavy atom. The van der Waals surface area contributed by atoms with Gasteiger partial charge in [0.25, 0.3) is 0 Å². The van der Waals surface area contributed by atoms with Crippen LogP contribution in [0.25, 0.3) is 0 Å². The van der Waals surface area contributed by atoms with Crippen molar-refractivity contribution in [1.82, 2.24) is 0 Å². The van der Waals surface area contributed by atoms with E-state index in [-0.39, 0.29) is 12.1 Å². The van der Waals surface area contributed by atoms with Crippen molar-refractivity contribution in [2.75, 3.05) is 13.2 Å². The Balaban J connectivity index is 1.28. The second-order valence-electron chi connectivity index (χ2n) is 8.65. The number of allylic oxidation sites excluding steroid dienone is 2. The second-order valence-corrected chi connectivity index (χ2v) is 8.65. The Morgan fingerprint density at radius 3 is 2.32 bits per heavy atom. The van der Waals surface area contributed by atoms with Crippen LogP contribution in [0.4, 0.5) is 4.39 Å². The van der Waals surface area contributed by atoms with E-state index in [0.717, 1.165) is 50.2 Å². The fourth-order valence-corrected chi connectivity index (χ4v) is 4.98. The van der Waals surface area contributed by atoms with Crippen LogP contribution < -0.4 is 0 Å². The van der Waals surface area contributed by atoms with Gasteiger partial charge in [0.15, 0.2) is 6.29 Å². The quantitative estimate of drug-likeness (QED) is 0.527. The molecule has 0 aromatic carbocycles. The number of hydrogen-bond acceptors (Lipinski definition) is 2. The molecule has 3 aliphatic rings. The monoisotopic (exact) mass is 352 g/mol. The van der Waals surface area contributed by atoms with Crippen molar-refractivity contribution in [1.29, 1.82) is 0 Å². The van der Waals surface area contributed by atoms with Crippen molar-refractivity contribution < 1.29 is 13.9 Å². The fourth-order valence-electron chi connectivity index (χ4n) is 4.98. The standard InChI is InChI=1S/C22H37FO2/c1-2-3-4-18-15-24-22(25-16-18)14-7-17-5-8-19(9-6-17)20-10-12-21(23)13-11-20/h12,17-20,22H,2-11,13-16H2,1H3. The molecule has 1 atom stereocenters. The highest BCUT2D eigenvalue weighted by atomic mass is 19.1. The van der Waals surface area contributed by atoms with E-state index in [9.17, 15) is 4.39 Å². The zero-order valence-corrected chi connectivity index (χ0v) is 16.1. The molecule has 25 heavy (non-hydrogen) atoms. The zero-order valence-electron chi connectivity index (χ0n) is 16.1. The Bertz CT molecular complexity index is 406. The van der Waals surface area contributed by atoms with Crippen molar-refractivity contribution in [3.8, 4) is 0 Å². The molecule has 0 aromatic rings. The van der Waals surface area contributed by atoms with Crippen molar-refractivity contribution in [2.45, 2.75) is 90.3 Å². The zero-order chi connectivity index (χ0) is 17.5. The van der Waals surface area contributed by atoms with E-state index in [0.29, 0.717) is 12.3 Å². The van der Waals surface area contributed by atoms with Crippen LogP contribution in [-0.4, -0.2) is 19.5 Å². The lowest BCUT2D eigenvalue weighted by Crippen LogP contribution is -2.32. The molecular formula is C22H37FO2. The summed E-state index contributed by atoms with van der Waals surface area (Å²) in [5, 5.41) is 0. The summed E-state index contributed by atoms with van der Waals surface area (Å²) in [6, 6.07) is 0. The molecule has 1 saturated carbocycles. The van der Waals surface area contributed by atoms with E-state index in [2.05, 4.69) is 6.92 Å². The molecule has 1 saturated heterocycles. The van der Waals surface area contributed by atoms with Crippen LogP contribution in [0.1, 0.15) is 84.0 Å². The highest BCUT2D eigenvalue weighted by Gasteiger charge is 2.29. The molecule has 2 nitrogen and oxygen atoms in total. The van der Waals surface area contributed by atoms with E-state index in [1.54, 1.807) is 0 Å². The SMILES string of the molecule is CCCCC1COC(CCC2CCC(C3CC=C(F)CC3)CC2)OC1. The summed E-state index contributed by atoms with van der Waals surface area (Å²) < 4.78 is 25.1. The molecule has 0 spiro atoms. The Hall–Kier alpha value is -0.410. The summed E-state index contributed by atoms with van der Waals surface area (Å²) in [7, 11) is 0. The van der Waals surface area contributed by atoms with Crippen LogP contribution in [0.15, 0.2) is 11.9 Å². The Labute approximate surface area is 153 Å². The minimum absolute atomic E-state index is 0.0436. The second kappa shape index (κ2) is 10.1. The summed E-state index contributed by atoms with van der Waals surface area (Å²) in [5.41, 5.74) is 0. The van der Waals surface area contributed by atoms with Gasteiger partial charge in [0.05, 0.1) is 19.0 Å². The third-order valence-corrected chi connectivity index (χ3v) is 6.77. The van der Waals surface area contributed by atoms with Crippen LogP contribution >= 0.6 is 0 Å². The van der Waals surface area contributed by atoms with Gasteiger partial charge in [0, 0.05) is 5.92 Å². The first-order chi connectivity index (χ1) is 12.2. The molecule has 2 aliphatic carbocycles. The van der Waals surface area contributed by atoms with Crippen molar-refractivity contribution in [3.05, 3.63) is 11.9 Å². The lowest BCUT2D eigenvalue weighted by molar-refractivity contribution is -0.205. The van der Waals surface area contributed by atoms with Gasteiger partial charge >= 0.3 is 0 Å². The summed E-state index contributed by atoms with van der Waals surface area (Å²) >= 11 is 0. The fraction of sp³-hybridized carbons (Fsp3) is 0.909. The van der Waals surface area contributed by atoms with Crippen molar-refractivity contribution in [3.63, 3.8) is 0 Å². The lowest BCUT2D eigenvalue weighted by Gasteiger charge is -2.35. The van der Waals surface area contributed by atoms with Crippen LogP contribution in [0, 0.1) is 23.7 Å². The summed E-state index contributed by atoms with van der Waals surface area (Å²) in [6.45, 7) is 4.03. The first-order valence-electron chi connectivity index (χ1n) is 10.8. The first-order valence-corrected chi connectivity index (χ1v) is 10.8. The molecule has 3 rings (SSSR count). The predicted octanol–water partition coefficient (Wildman–Crippen LogP) is 6.41. The number of ether oxygens (including phenoxy) is 2. The maximum absolute atomic E-state index is 13.2. The maximum Gasteiger partial charge on any atom is 0.157 e. The highest BCUT2D eigenvalue weighted by molar-refractivity contribution is 4.99. The molecule has 0 amide bonds. The molecule has 144 valence electrons. The van der Waals surface area contributed by atoms with Crippen LogP contribution in [0.3, 0.4) is 0 Å². The third-order valence-electron chi connectivity index (χ3n) is 6.77. The molecule has 3 heteroatoms. The average molecular weight is 353 g/mol. The normalized spacial score (nSPS) is 36.9. The highest BCUT2D eigenvalue weighted by Crippen LogP contribution is 2.41. The van der Waals surface area contributed by atoms with E-state index in [4.69, 9.17) is 9.47 Å². The van der Waals surface area contributed by atoms with Crippen molar-refractivity contribution >= 4 is 0 Å². The number of unbranched alkanes of at least 4 members (excludes halogenated alkanes) is 1. The number of hydrogen-bond donors (Lipinski definition) is 0. The van der Waals surface area contributed by atoms with E-state index in [1.807, 2.05) is 6.08 Å². The lowest BCUT2D eigenvalue weighted by atomic mass is 9.71. The predicted molar refractivity (Wildman–Crippen MR) is 99.9 cm³/mol. The maximum atomic E-state index is 13.2. The third kappa shape index (κ3) is 6.06. The van der Waals surface area contributed by atoms with Gasteiger partial charge in [-0.1, -0.05) is 38.7 Å². The average Bonchev–Trinajstić information content (AvgIpc) is 2.67. The van der Waals surface area contributed by atoms with E-state index in [1.165, 1.54) is 51.4 Å². The largest absolute Gasteiger partial charge is 0.352 e. The molecule has 2 fully saturated rings. The van der Waals surface area contributed by atoms with Gasteiger partial charge in [-0.25, -0.2) is 4.39 Å². The van der Waals surface area contributed by atoms with Gasteiger partial charge in [-0.15, -0.1) is 0 Å². The Morgan fingerprint density at radius 2 is 1.68 bits per heavy atom. The molecule has 0 bridgehead atoms. The summed E-state index contributed by atoms with van der Waals surface area (Å²) in [6.07, 6.45) is 16.1. The van der Waals surface area contributed by atoms with Crippen LogP contribution in [-0.2, 0) is 9.47 Å². The van der Waals surface area contributed by atoms with Gasteiger partial charge in [-0.05, 0) is 69.1 Å². The molecule has 0 aromatic heterocycles. The minimum Gasteiger partial charge on any atom is -0.352 e. The van der Waals surface area contributed by atoms with Crippen LogP contribution in [0.2, 0.25) is 0 Å². The molecule has 0 N–H and O–H groups in total. The van der Waals surface area contributed by atoms with Gasteiger partial charge < -0.3 is 9.47 Å². The molecule has 1 aliphatic heterocycles. The molecular weight excluding hydrogens is 315 g/mol. The van der Waals surface area contributed by atoms with Gasteiger partial charge in [-0.3, -0.25) is 0 Å². The summed E-state index contributed by atoms with van der Waals surface area (Å²) in [4.78, 5) is 0. The molecule has 0 radical (unpaired) electrons.